The molecular formula is C22H23N3O3S2. The summed E-state index contributed by atoms with van der Waals surface area (Å²) in [4.78, 5) is 18.7. The van der Waals surface area contributed by atoms with Crippen molar-refractivity contribution in [3.05, 3.63) is 64.5 Å². The Morgan fingerprint density at radius 1 is 1.07 bits per heavy atom. The van der Waals surface area contributed by atoms with Crippen molar-refractivity contribution in [3.8, 4) is 11.3 Å². The van der Waals surface area contributed by atoms with Crippen LogP contribution in [0.3, 0.4) is 0 Å². The number of hydrogen-bond donors (Lipinski definition) is 1. The van der Waals surface area contributed by atoms with Gasteiger partial charge in [0.05, 0.1) is 10.6 Å². The van der Waals surface area contributed by atoms with E-state index in [1.54, 1.807) is 13.8 Å². The Morgan fingerprint density at radius 3 is 2.47 bits per heavy atom. The maximum atomic E-state index is 12.7. The minimum absolute atomic E-state index is 0.184. The first-order valence-electron chi connectivity index (χ1n) is 9.93. The lowest BCUT2D eigenvalue weighted by Gasteiger charge is -2.18. The lowest BCUT2D eigenvalue weighted by Crippen LogP contribution is -2.30. The standard InChI is InChI=1S/C22H23N3O3S2/c1-3-25(4-2)30(27,28)17-12-9-16(10-13-17)21(26)24-22-23-20-18-8-6-5-7-15(18)11-14-19(20)29-22/h5-10,12-13H,3-4,11,14H2,1-2H3,(H,23,24,26). The predicted octanol–water partition coefficient (Wildman–Crippen LogP) is 4.19. The van der Waals surface area contributed by atoms with Crippen LogP contribution in [0.1, 0.15) is 34.6 Å². The number of anilines is 1. The van der Waals surface area contributed by atoms with Gasteiger partial charge in [-0.2, -0.15) is 4.31 Å². The fourth-order valence-corrected chi connectivity index (χ4v) is 6.09. The van der Waals surface area contributed by atoms with E-state index in [1.807, 2.05) is 12.1 Å². The number of nitrogens with zero attached hydrogens (tertiary/aromatic N) is 2. The van der Waals surface area contributed by atoms with Crippen LogP contribution in [-0.2, 0) is 22.9 Å². The molecule has 1 aliphatic carbocycles. The van der Waals surface area contributed by atoms with Crippen molar-refractivity contribution in [2.45, 2.75) is 31.6 Å². The number of amides is 1. The van der Waals surface area contributed by atoms with Gasteiger partial charge in [-0.15, -0.1) is 11.3 Å². The number of thiazole rings is 1. The fraction of sp³-hybridized carbons (Fsp3) is 0.273. The zero-order valence-corrected chi connectivity index (χ0v) is 18.5. The molecule has 4 rings (SSSR count). The summed E-state index contributed by atoms with van der Waals surface area (Å²) in [5.74, 6) is -0.304. The molecule has 0 radical (unpaired) electrons. The summed E-state index contributed by atoms with van der Waals surface area (Å²) in [7, 11) is -3.54. The van der Waals surface area contributed by atoms with Crippen LogP contribution in [0, 0.1) is 0 Å². The maximum absolute atomic E-state index is 12.7. The number of aryl methyl sites for hydroxylation is 2. The molecule has 0 aliphatic heterocycles. The quantitative estimate of drug-likeness (QED) is 0.622. The third-order valence-corrected chi connectivity index (χ3v) is 8.37. The summed E-state index contributed by atoms with van der Waals surface area (Å²) < 4.78 is 26.6. The van der Waals surface area contributed by atoms with Crippen LogP contribution in [0.25, 0.3) is 11.3 Å². The molecule has 1 amide bonds. The zero-order valence-electron chi connectivity index (χ0n) is 16.9. The summed E-state index contributed by atoms with van der Waals surface area (Å²) in [6.07, 6.45) is 1.89. The molecule has 1 N–H and O–H groups in total. The third kappa shape index (κ3) is 3.78. The number of carbonyl (C=O) groups is 1. The van der Waals surface area contributed by atoms with Gasteiger partial charge < -0.3 is 0 Å². The monoisotopic (exact) mass is 441 g/mol. The topological polar surface area (TPSA) is 79.4 Å². The smallest absolute Gasteiger partial charge is 0.257 e. The lowest BCUT2D eigenvalue weighted by atomic mass is 9.94. The molecule has 0 spiro atoms. The van der Waals surface area contributed by atoms with E-state index < -0.39 is 10.0 Å². The molecule has 1 heterocycles. The third-order valence-electron chi connectivity index (χ3n) is 5.27. The largest absolute Gasteiger partial charge is 0.298 e. The van der Waals surface area contributed by atoms with Crippen molar-refractivity contribution in [3.63, 3.8) is 0 Å². The minimum Gasteiger partial charge on any atom is -0.298 e. The Bertz CT molecular complexity index is 1180. The molecule has 0 unspecified atom stereocenters. The van der Waals surface area contributed by atoms with Gasteiger partial charge in [0.15, 0.2) is 5.13 Å². The predicted molar refractivity (Wildman–Crippen MR) is 119 cm³/mol. The molecule has 8 heteroatoms. The van der Waals surface area contributed by atoms with Gasteiger partial charge in [-0.1, -0.05) is 38.1 Å². The van der Waals surface area contributed by atoms with Gasteiger partial charge >= 0.3 is 0 Å². The van der Waals surface area contributed by atoms with Crippen LogP contribution < -0.4 is 5.32 Å². The SMILES string of the molecule is CCN(CC)S(=O)(=O)c1ccc(C(=O)Nc2nc3c(s2)CCc2ccccc2-3)cc1. The highest BCUT2D eigenvalue weighted by Gasteiger charge is 2.23. The van der Waals surface area contributed by atoms with Gasteiger partial charge in [-0.05, 0) is 42.7 Å². The summed E-state index contributed by atoms with van der Waals surface area (Å²) in [6, 6.07) is 14.2. The van der Waals surface area contributed by atoms with E-state index in [1.165, 1.54) is 50.3 Å². The first-order chi connectivity index (χ1) is 14.4. The molecule has 3 aromatic rings. The van der Waals surface area contributed by atoms with Gasteiger partial charge in [0.2, 0.25) is 10.0 Å². The molecule has 0 saturated carbocycles. The summed E-state index contributed by atoms with van der Waals surface area (Å²) >= 11 is 1.49. The van der Waals surface area contributed by atoms with E-state index in [4.69, 9.17) is 0 Å². The molecular weight excluding hydrogens is 418 g/mol. The van der Waals surface area contributed by atoms with Crippen LogP contribution in [-0.4, -0.2) is 36.7 Å². The Kier molecular flexibility index (Phi) is 5.73. The van der Waals surface area contributed by atoms with Crippen LogP contribution in [0.5, 0.6) is 0 Å². The molecule has 1 aromatic heterocycles. The van der Waals surface area contributed by atoms with Crippen molar-refractivity contribution >= 4 is 32.4 Å². The number of aromatic nitrogens is 1. The number of rotatable bonds is 6. The Balaban J connectivity index is 1.53. The van der Waals surface area contributed by atoms with Gasteiger partial charge in [-0.3, -0.25) is 10.1 Å². The highest BCUT2D eigenvalue weighted by Crippen LogP contribution is 2.38. The van der Waals surface area contributed by atoms with E-state index in [9.17, 15) is 13.2 Å². The van der Waals surface area contributed by atoms with Gasteiger partial charge in [-0.25, -0.2) is 13.4 Å². The number of fused-ring (bicyclic) bond motifs is 3. The van der Waals surface area contributed by atoms with Gasteiger partial charge in [0.1, 0.15) is 0 Å². The van der Waals surface area contributed by atoms with Crippen LogP contribution >= 0.6 is 11.3 Å². The Hall–Kier alpha value is -2.55. The Labute approximate surface area is 180 Å². The van der Waals surface area contributed by atoms with Crippen LogP contribution in [0.4, 0.5) is 5.13 Å². The fourth-order valence-electron chi connectivity index (χ4n) is 3.66. The van der Waals surface area contributed by atoms with E-state index in [0.29, 0.717) is 23.8 Å². The first kappa shape index (κ1) is 20.7. The van der Waals surface area contributed by atoms with E-state index >= 15 is 0 Å². The highest BCUT2D eigenvalue weighted by atomic mass is 32.2. The zero-order chi connectivity index (χ0) is 21.3. The molecule has 0 atom stereocenters. The molecule has 0 fully saturated rings. The van der Waals surface area contributed by atoms with Crippen molar-refractivity contribution in [2.75, 3.05) is 18.4 Å². The first-order valence-corrected chi connectivity index (χ1v) is 12.2. The second kappa shape index (κ2) is 8.29. The van der Waals surface area contributed by atoms with Crippen LogP contribution in [0.15, 0.2) is 53.4 Å². The lowest BCUT2D eigenvalue weighted by molar-refractivity contribution is 0.102. The van der Waals surface area contributed by atoms with Gasteiger partial charge in [0.25, 0.3) is 5.91 Å². The average Bonchev–Trinajstić information content (AvgIpc) is 3.17. The number of carbonyl (C=O) groups excluding carboxylic acids is 1. The van der Waals surface area contributed by atoms with Crippen molar-refractivity contribution in [1.29, 1.82) is 0 Å². The van der Waals surface area contributed by atoms with E-state index in [0.717, 1.165) is 24.1 Å². The number of hydrogen-bond acceptors (Lipinski definition) is 5. The van der Waals surface area contributed by atoms with Crippen molar-refractivity contribution in [1.82, 2.24) is 9.29 Å². The second-order valence-corrected chi connectivity index (χ2v) is 10.0. The number of sulfonamides is 1. The number of nitrogens with one attached hydrogen (secondary N) is 1. The second-order valence-electron chi connectivity index (χ2n) is 7.02. The molecule has 6 nitrogen and oxygen atoms in total. The molecule has 0 saturated heterocycles. The van der Waals surface area contributed by atoms with E-state index in [2.05, 4.69) is 22.4 Å². The molecule has 0 bridgehead atoms. The summed E-state index contributed by atoms with van der Waals surface area (Å²) in [5, 5.41) is 3.42. The molecule has 30 heavy (non-hydrogen) atoms. The average molecular weight is 442 g/mol. The summed E-state index contributed by atoms with van der Waals surface area (Å²) in [5.41, 5.74) is 3.74. The Morgan fingerprint density at radius 2 is 1.77 bits per heavy atom. The summed E-state index contributed by atoms with van der Waals surface area (Å²) in [6.45, 7) is 4.40. The van der Waals surface area contributed by atoms with Gasteiger partial charge in [0, 0.05) is 29.1 Å². The van der Waals surface area contributed by atoms with Crippen LogP contribution in [0.2, 0.25) is 0 Å². The molecule has 156 valence electrons. The normalized spacial score (nSPS) is 13.0. The van der Waals surface area contributed by atoms with E-state index in [-0.39, 0.29) is 10.8 Å². The highest BCUT2D eigenvalue weighted by molar-refractivity contribution is 7.89. The van der Waals surface area contributed by atoms with Crippen molar-refractivity contribution in [2.24, 2.45) is 0 Å². The maximum Gasteiger partial charge on any atom is 0.257 e. The molecule has 2 aromatic carbocycles. The minimum atomic E-state index is -3.54. The molecule has 1 aliphatic rings. The van der Waals surface area contributed by atoms with Crippen molar-refractivity contribution < 1.29 is 13.2 Å². The number of benzene rings is 2.